The summed E-state index contributed by atoms with van der Waals surface area (Å²) in [5, 5.41) is 0. The van der Waals surface area contributed by atoms with Gasteiger partial charge in [0.05, 0.1) is 0 Å². The third-order valence-electron chi connectivity index (χ3n) is 4.20. The molecule has 2 fully saturated rings. The molecule has 5 nitrogen and oxygen atoms in total. The van der Waals surface area contributed by atoms with E-state index in [1.807, 2.05) is 7.05 Å². The Balaban J connectivity index is 0.00000200. The average molecular weight is 394 g/mol. The van der Waals surface area contributed by atoms with Gasteiger partial charge in [0.15, 0.2) is 5.96 Å². The lowest BCUT2D eigenvalue weighted by Crippen LogP contribution is -2.39. The summed E-state index contributed by atoms with van der Waals surface area (Å²) in [7, 11) is 1.87. The normalized spacial score (nSPS) is 25.1. The minimum absolute atomic E-state index is 0. The van der Waals surface area contributed by atoms with E-state index in [1.165, 1.54) is 25.7 Å². The molecule has 0 spiro atoms. The molecule has 1 unspecified atom stereocenters. The van der Waals surface area contributed by atoms with E-state index in [9.17, 15) is 4.79 Å². The number of hydrogen-bond donors (Lipinski definition) is 1. The second-order valence-corrected chi connectivity index (χ2v) is 5.77. The second-order valence-electron chi connectivity index (χ2n) is 5.77. The third kappa shape index (κ3) is 5.10. The van der Waals surface area contributed by atoms with E-state index in [1.54, 1.807) is 4.90 Å². The van der Waals surface area contributed by atoms with Crippen molar-refractivity contribution in [3.63, 3.8) is 0 Å². The van der Waals surface area contributed by atoms with Crippen LogP contribution in [0.4, 0.5) is 0 Å². The molecule has 0 aromatic carbocycles. The Labute approximate surface area is 139 Å². The highest BCUT2D eigenvalue weighted by Gasteiger charge is 2.23. The van der Waals surface area contributed by atoms with Crippen molar-refractivity contribution in [1.29, 1.82) is 0 Å². The molecule has 1 amide bonds. The van der Waals surface area contributed by atoms with Crippen LogP contribution in [0.5, 0.6) is 0 Å². The molecular weight excluding hydrogens is 367 g/mol. The summed E-state index contributed by atoms with van der Waals surface area (Å²) >= 11 is 0. The average Bonchev–Trinajstić information content (AvgIpc) is 2.69. The molecule has 2 aliphatic heterocycles. The molecule has 0 radical (unpaired) electrons. The predicted molar refractivity (Wildman–Crippen MR) is 92.3 cm³/mol. The van der Waals surface area contributed by atoms with Crippen LogP contribution in [0.15, 0.2) is 4.99 Å². The fourth-order valence-corrected chi connectivity index (χ4v) is 2.78. The van der Waals surface area contributed by atoms with Gasteiger partial charge in [-0.3, -0.25) is 9.79 Å². The molecule has 0 aromatic heterocycles. The van der Waals surface area contributed by atoms with Crippen LogP contribution in [0.2, 0.25) is 0 Å². The Bertz CT molecular complexity index is 340. The summed E-state index contributed by atoms with van der Waals surface area (Å²) in [4.78, 5) is 20.2. The number of carbonyl (C=O) groups is 1. The second kappa shape index (κ2) is 8.69. The Morgan fingerprint density at radius 3 is 2.50 bits per heavy atom. The highest BCUT2D eigenvalue weighted by molar-refractivity contribution is 14.0. The standard InChI is InChI=1S/C14H26N4O.HI/c1-17-9-6-12(10-13(17)19)11-16-14(15)18-7-4-2-3-5-8-18;/h12H,2-11H2,1H3,(H2,15,16);1H. The predicted octanol–water partition coefficient (Wildman–Crippen LogP) is 1.66. The van der Waals surface area contributed by atoms with Crippen LogP contribution >= 0.6 is 24.0 Å². The van der Waals surface area contributed by atoms with Crippen molar-refractivity contribution in [3.8, 4) is 0 Å². The van der Waals surface area contributed by atoms with Gasteiger partial charge in [-0.25, -0.2) is 0 Å². The molecular formula is C14H27IN4O. The number of piperidine rings is 1. The first-order chi connectivity index (χ1) is 9.16. The molecule has 0 saturated carbocycles. The van der Waals surface area contributed by atoms with Gasteiger partial charge in [-0.1, -0.05) is 12.8 Å². The van der Waals surface area contributed by atoms with Crippen molar-refractivity contribution < 1.29 is 4.79 Å². The summed E-state index contributed by atoms with van der Waals surface area (Å²) in [6.45, 7) is 3.61. The van der Waals surface area contributed by atoms with Crippen LogP contribution in [-0.4, -0.2) is 54.9 Å². The molecule has 2 aliphatic rings. The minimum Gasteiger partial charge on any atom is -0.370 e. The van der Waals surface area contributed by atoms with Crippen molar-refractivity contribution in [2.45, 2.75) is 38.5 Å². The molecule has 2 N–H and O–H groups in total. The van der Waals surface area contributed by atoms with E-state index in [-0.39, 0.29) is 29.9 Å². The summed E-state index contributed by atoms with van der Waals surface area (Å²) in [5.74, 6) is 1.28. The summed E-state index contributed by atoms with van der Waals surface area (Å²) in [6, 6.07) is 0. The maximum Gasteiger partial charge on any atom is 0.222 e. The van der Waals surface area contributed by atoms with Crippen LogP contribution in [-0.2, 0) is 4.79 Å². The van der Waals surface area contributed by atoms with Crippen molar-refractivity contribution >= 4 is 35.8 Å². The SMILES string of the molecule is CN1CCC(CN=C(N)N2CCCCCC2)CC1=O.I. The molecule has 0 bridgehead atoms. The fraction of sp³-hybridized carbons (Fsp3) is 0.857. The number of halogens is 1. The number of nitrogens with two attached hydrogens (primary N) is 1. The van der Waals surface area contributed by atoms with E-state index in [4.69, 9.17) is 5.73 Å². The van der Waals surface area contributed by atoms with Crippen molar-refractivity contribution in [3.05, 3.63) is 0 Å². The number of likely N-dealkylation sites (tertiary alicyclic amines) is 2. The highest BCUT2D eigenvalue weighted by atomic mass is 127. The Morgan fingerprint density at radius 2 is 1.90 bits per heavy atom. The number of guanidine groups is 1. The van der Waals surface area contributed by atoms with E-state index < -0.39 is 0 Å². The summed E-state index contributed by atoms with van der Waals surface area (Å²) in [5.41, 5.74) is 6.08. The first-order valence-electron chi connectivity index (χ1n) is 7.45. The third-order valence-corrected chi connectivity index (χ3v) is 4.20. The lowest BCUT2D eigenvalue weighted by atomic mass is 9.97. The van der Waals surface area contributed by atoms with Gasteiger partial charge < -0.3 is 15.5 Å². The number of carbonyl (C=O) groups excluding carboxylic acids is 1. The zero-order valence-corrected chi connectivity index (χ0v) is 14.7. The van der Waals surface area contributed by atoms with Gasteiger partial charge in [0.25, 0.3) is 0 Å². The molecule has 116 valence electrons. The lowest BCUT2D eigenvalue weighted by molar-refractivity contribution is -0.133. The van der Waals surface area contributed by atoms with Gasteiger partial charge in [0.2, 0.25) is 5.91 Å². The van der Waals surface area contributed by atoms with E-state index in [0.29, 0.717) is 24.8 Å². The van der Waals surface area contributed by atoms with Gasteiger partial charge in [-0.2, -0.15) is 0 Å². The maximum atomic E-state index is 11.6. The smallest absolute Gasteiger partial charge is 0.222 e. The molecule has 2 saturated heterocycles. The van der Waals surface area contributed by atoms with Crippen LogP contribution in [0.25, 0.3) is 0 Å². The number of aliphatic imine (C=N–C) groups is 1. The molecule has 6 heteroatoms. The first kappa shape index (κ1) is 17.5. The van der Waals surface area contributed by atoms with Crippen LogP contribution in [0.3, 0.4) is 0 Å². The van der Waals surface area contributed by atoms with Gasteiger partial charge in [0, 0.05) is 39.6 Å². The van der Waals surface area contributed by atoms with Crippen molar-refractivity contribution in [2.24, 2.45) is 16.6 Å². The molecule has 1 atom stereocenters. The maximum absolute atomic E-state index is 11.6. The van der Waals surface area contributed by atoms with Crippen molar-refractivity contribution in [2.75, 3.05) is 33.2 Å². The topological polar surface area (TPSA) is 61.9 Å². The fourth-order valence-electron chi connectivity index (χ4n) is 2.78. The van der Waals surface area contributed by atoms with Gasteiger partial charge >= 0.3 is 0 Å². The molecule has 0 aliphatic carbocycles. The first-order valence-corrected chi connectivity index (χ1v) is 7.45. The van der Waals surface area contributed by atoms with E-state index >= 15 is 0 Å². The Kier molecular flexibility index (Phi) is 7.61. The Morgan fingerprint density at radius 1 is 1.25 bits per heavy atom. The molecule has 2 heterocycles. The minimum atomic E-state index is 0. The Hall–Kier alpha value is -0.530. The zero-order valence-electron chi connectivity index (χ0n) is 12.4. The van der Waals surface area contributed by atoms with E-state index in [2.05, 4.69) is 9.89 Å². The summed E-state index contributed by atoms with van der Waals surface area (Å²) in [6.07, 6.45) is 6.68. The molecule has 0 aromatic rings. The number of hydrogen-bond acceptors (Lipinski definition) is 2. The van der Waals surface area contributed by atoms with Crippen LogP contribution in [0, 0.1) is 5.92 Å². The zero-order chi connectivity index (χ0) is 13.7. The lowest BCUT2D eigenvalue weighted by Gasteiger charge is -2.28. The van der Waals surface area contributed by atoms with Crippen molar-refractivity contribution in [1.82, 2.24) is 9.80 Å². The highest BCUT2D eigenvalue weighted by Crippen LogP contribution is 2.17. The van der Waals surface area contributed by atoms with Gasteiger partial charge in [-0.15, -0.1) is 24.0 Å². The quantitative estimate of drug-likeness (QED) is 0.440. The largest absolute Gasteiger partial charge is 0.370 e. The van der Waals surface area contributed by atoms with Crippen LogP contribution < -0.4 is 5.73 Å². The van der Waals surface area contributed by atoms with Gasteiger partial charge in [0.1, 0.15) is 0 Å². The summed E-state index contributed by atoms with van der Waals surface area (Å²) < 4.78 is 0. The number of nitrogens with zero attached hydrogens (tertiary/aromatic N) is 3. The number of amides is 1. The molecule has 2 rings (SSSR count). The van der Waals surface area contributed by atoms with E-state index in [0.717, 1.165) is 26.1 Å². The van der Waals surface area contributed by atoms with Crippen LogP contribution in [0.1, 0.15) is 38.5 Å². The molecule has 20 heavy (non-hydrogen) atoms. The number of rotatable bonds is 2. The van der Waals surface area contributed by atoms with Gasteiger partial charge in [-0.05, 0) is 25.2 Å². The monoisotopic (exact) mass is 394 g/mol.